The molecule has 1 aromatic carbocycles. The summed E-state index contributed by atoms with van der Waals surface area (Å²) in [5.41, 5.74) is 1.06. The minimum absolute atomic E-state index is 0.0346. The van der Waals surface area contributed by atoms with Crippen LogP contribution in [-0.4, -0.2) is 73.6 Å². The predicted molar refractivity (Wildman–Crippen MR) is 112 cm³/mol. The third-order valence-corrected chi connectivity index (χ3v) is 6.54. The van der Waals surface area contributed by atoms with Crippen LogP contribution < -0.4 is 5.32 Å². The first-order valence-corrected chi connectivity index (χ1v) is 11.1. The van der Waals surface area contributed by atoms with Crippen LogP contribution in [0.25, 0.3) is 0 Å². The second-order valence-electron chi connectivity index (χ2n) is 9.09. The van der Waals surface area contributed by atoms with Gasteiger partial charge in [-0.3, -0.25) is 9.59 Å². The van der Waals surface area contributed by atoms with E-state index in [4.69, 9.17) is 4.74 Å². The normalized spacial score (nSPS) is 23.6. The van der Waals surface area contributed by atoms with E-state index in [0.29, 0.717) is 30.1 Å². The minimum atomic E-state index is -0.354. The fourth-order valence-corrected chi connectivity index (χ4v) is 4.49. The highest BCUT2D eigenvalue weighted by Crippen LogP contribution is 2.31. The summed E-state index contributed by atoms with van der Waals surface area (Å²) < 4.78 is 18.9. The molecule has 1 aliphatic carbocycles. The molecule has 1 saturated carbocycles. The molecule has 2 amide bonds. The Hall–Kier alpha value is -1.99. The van der Waals surface area contributed by atoms with Gasteiger partial charge in [-0.2, -0.15) is 0 Å². The molecule has 1 unspecified atom stereocenters. The molecule has 2 aliphatic heterocycles. The van der Waals surface area contributed by atoms with Gasteiger partial charge in [0.1, 0.15) is 12.4 Å². The fraction of sp³-hybridized carbons (Fsp3) is 0.652. The standard InChI is InChI=1S/C23H32FN3O3/c1-16-10-19(24)4-5-21(16)23(29)25-11-20-14-27(22(28)15-30-20)13-18-6-8-26(9-7-18)12-17-2-3-17/h4-5,10,17-18,20H,2-3,6-9,11-15H2,1H3,(H,25,29). The third kappa shape index (κ3) is 5.58. The summed E-state index contributed by atoms with van der Waals surface area (Å²) in [6.07, 6.45) is 4.84. The lowest BCUT2D eigenvalue weighted by atomic mass is 9.95. The molecule has 0 spiro atoms. The van der Waals surface area contributed by atoms with Crippen LogP contribution in [0.4, 0.5) is 4.39 Å². The van der Waals surface area contributed by atoms with Crippen molar-refractivity contribution in [2.75, 3.05) is 45.9 Å². The number of morpholine rings is 1. The number of benzene rings is 1. The highest BCUT2D eigenvalue weighted by Gasteiger charge is 2.31. The SMILES string of the molecule is Cc1cc(F)ccc1C(=O)NCC1CN(CC2CCN(CC3CC3)CC2)C(=O)CO1. The molecule has 4 rings (SSSR count). The molecular formula is C23H32FN3O3. The van der Waals surface area contributed by atoms with Crippen molar-refractivity contribution >= 4 is 11.8 Å². The number of hydrogen-bond donors (Lipinski definition) is 1. The summed E-state index contributed by atoms with van der Waals surface area (Å²) in [6.45, 7) is 6.91. The Morgan fingerprint density at radius 2 is 1.90 bits per heavy atom. The Kier molecular flexibility index (Phi) is 6.68. The number of rotatable bonds is 7. The van der Waals surface area contributed by atoms with Gasteiger partial charge in [0.25, 0.3) is 5.91 Å². The summed E-state index contributed by atoms with van der Waals surface area (Å²) in [7, 11) is 0. The van der Waals surface area contributed by atoms with Gasteiger partial charge in [-0.15, -0.1) is 0 Å². The van der Waals surface area contributed by atoms with Crippen LogP contribution in [0.5, 0.6) is 0 Å². The molecule has 2 saturated heterocycles. The average molecular weight is 418 g/mol. The first kappa shape index (κ1) is 21.2. The van der Waals surface area contributed by atoms with E-state index < -0.39 is 0 Å². The Morgan fingerprint density at radius 3 is 2.60 bits per heavy atom. The summed E-state index contributed by atoms with van der Waals surface area (Å²) in [5.74, 6) is 0.902. The van der Waals surface area contributed by atoms with Crippen LogP contribution in [-0.2, 0) is 9.53 Å². The van der Waals surface area contributed by atoms with Crippen molar-refractivity contribution in [3.05, 3.63) is 35.1 Å². The topological polar surface area (TPSA) is 61.9 Å². The third-order valence-electron chi connectivity index (χ3n) is 6.54. The molecule has 3 fully saturated rings. The lowest BCUT2D eigenvalue weighted by Crippen LogP contribution is -2.52. The number of piperidine rings is 1. The van der Waals surface area contributed by atoms with E-state index in [9.17, 15) is 14.0 Å². The van der Waals surface area contributed by atoms with Crippen molar-refractivity contribution in [3.63, 3.8) is 0 Å². The molecular weight excluding hydrogens is 385 g/mol. The molecule has 0 radical (unpaired) electrons. The van der Waals surface area contributed by atoms with Crippen LogP contribution in [0.1, 0.15) is 41.6 Å². The summed E-state index contributed by atoms with van der Waals surface area (Å²) in [6, 6.07) is 4.13. The van der Waals surface area contributed by atoms with E-state index in [2.05, 4.69) is 10.2 Å². The van der Waals surface area contributed by atoms with E-state index in [1.54, 1.807) is 6.92 Å². The van der Waals surface area contributed by atoms with Gasteiger partial charge >= 0.3 is 0 Å². The summed E-state index contributed by atoms with van der Waals surface area (Å²) >= 11 is 0. The molecule has 3 aliphatic rings. The maximum atomic E-state index is 13.2. The molecule has 6 nitrogen and oxygen atoms in total. The summed E-state index contributed by atoms with van der Waals surface area (Å²) in [4.78, 5) is 29.2. The molecule has 0 aromatic heterocycles. The summed E-state index contributed by atoms with van der Waals surface area (Å²) in [5, 5.41) is 2.87. The molecule has 164 valence electrons. The number of halogens is 1. The highest BCUT2D eigenvalue weighted by molar-refractivity contribution is 5.95. The largest absolute Gasteiger partial charge is 0.365 e. The van der Waals surface area contributed by atoms with Gasteiger partial charge in [0, 0.05) is 31.7 Å². The van der Waals surface area contributed by atoms with E-state index >= 15 is 0 Å². The van der Waals surface area contributed by atoms with Gasteiger partial charge in [0.2, 0.25) is 5.91 Å². The Labute approximate surface area is 177 Å². The first-order valence-electron chi connectivity index (χ1n) is 11.1. The van der Waals surface area contributed by atoms with Crippen molar-refractivity contribution in [3.8, 4) is 0 Å². The number of amides is 2. The zero-order chi connectivity index (χ0) is 21.1. The predicted octanol–water partition coefficient (Wildman–Crippen LogP) is 2.21. The van der Waals surface area contributed by atoms with Gasteiger partial charge in [-0.05, 0) is 81.3 Å². The van der Waals surface area contributed by atoms with Crippen LogP contribution in [0, 0.1) is 24.6 Å². The Bertz CT molecular complexity index is 775. The Morgan fingerprint density at radius 1 is 1.17 bits per heavy atom. The van der Waals surface area contributed by atoms with Gasteiger partial charge in [0.05, 0.1) is 6.10 Å². The van der Waals surface area contributed by atoms with E-state index in [0.717, 1.165) is 38.4 Å². The number of likely N-dealkylation sites (tertiary alicyclic amines) is 1. The van der Waals surface area contributed by atoms with Crippen LogP contribution in [0.15, 0.2) is 18.2 Å². The van der Waals surface area contributed by atoms with E-state index in [1.807, 2.05) is 4.90 Å². The number of carbonyl (C=O) groups is 2. The average Bonchev–Trinajstić information content (AvgIpc) is 3.54. The van der Waals surface area contributed by atoms with Crippen molar-refractivity contribution in [2.45, 2.75) is 38.7 Å². The van der Waals surface area contributed by atoms with Gasteiger partial charge in [-0.1, -0.05) is 0 Å². The smallest absolute Gasteiger partial charge is 0.251 e. The second-order valence-corrected chi connectivity index (χ2v) is 9.09. The Balaban J connectivity index is 1.23. The van der Waals surface area contributed by atoms with Gasteiger partial charge in [0.15, 0.2) is 0 Å². The maximum Gasteiger partial charge on any atom is 0.251 e. The number of hydrogen-bond acceptors (Lipinski definition) is 4. The number of carbonyl (C=O) groups excluding carboxylic acids is 2. The quantitative estimate of drug-likeness (QED) is 0.739. The fourth-order valence-electron chi connectivity index (χ4n) is 4.49. The number of aryl methyl sites for hydroxylation is 1. The maximum absolute atomic E-state index is 13.2. The number of nitrogens with one attached hydrogen (secondary N) is 1. The van der Waals surface area contributed by atoms with Gasteiger partial charge in [-0.25, -0.2) is 4.39 Å². The number of nitrogens with zero attached hydrogens (tertiary/aromatic N) is 2. The zero-order valence-corrected chi connectivity index (χ0v) is 17.7. The lowest BCUT2D eigenvalue weighted by Gasteiger charge is -2.38. The zero-order valence-electron chi connectivity index (χ0n) is 17.7. The molecule has 2 heterocycles. The van der Waals surface area contributed by atoms with E-state index in [1.165, 1.54) is 37.6 Å². The van der Waals surface area contributed by atoms with Crippen molar-refractivity contribution in [2.24, 2.45) is 11.8 Å². The van der Waals surface area contributed by atoms with Crippen molar-refractivity contribution < 1.29 is 18.7 Å². The molecule has 30 heavy (non-hydrogen) atoms. The first-order chi connectivity index (χ1) is 14.5. The monoisotopic (exact) mass is 417 g/mol. The van der Waals surface area contributed by atoms with Crippen LogP contribution >= 0.6 is 0 Å². The molecule has 1 atom stereocenters. The van der Waals surface area contributed by atoms with Crippen LogP contribution in [0.3, 0.4) is 0 Å². The minimum Gasteiger partial charge on any atom is -0.365 e. The van der Waals surface area contributed by atoms with Crippen molar-refractivity contribution in [1.29, 1.82) is 0 Å². The van der Waals surface area contributed by atoms with Gasteiger partial charge < -0.3 is 19.9 Å². The molecule has 1 aromatic rings. The molecule has 1 N–H and O–H groups in total. The second kappa shape index (κ2) is 9.43. The van der Waals surface area contributed by atoms with E-state index in [-0.39, 0.29) is 30.3 Å². The van der Waals surface area contributed by atoms with Crippen molar-refractivity contribution in [1.82, 2.24) is 15.1 Å². The van der Waals surface area contributed by atoms with Crippen LogP contribution in [0.2, 0.25) is 0 Å². The molecule has 7 heteroatoms. The number of ether oxygens (including phenoxy) is 1. The molecule has 0 bridgehead atoms. The lowest BCUT2D eigenvalue weighted by molar-refractivity contribution is -0.149. The highest BCUT2D eigenvalue weighted by atomic mass is 19.1.